The van der Waals surface area contributed by atoms with Crippen LogP contribution in [0.5, 0.6) is 5.75 Å². The molecule has 1 aliphatic rings. The molecule has 1 saturated heterocycles. The monoisotopic (exact) mass is 414 g/mol. The molecule has 2 N–H and O–H groups in total. The summed E-state index contributed by atoms with van der Waals surface area (Å²) in [7, 11) is 1.63. The molecule has 3 heterocycles. The molecule has 1 aliphatic heterocycles. The smallest absolute Gasteiger partial charge is 0.311 e. The standard InChI is InChI=1S/C19H22N6O3S/c1-28-13-4-5-14-15(12-13)22-19(21-14)29-11-8-20-18-16(25(26)27)6-7-17(23-18)24-9-2-3-10-24/h4-7,12H,2-3,8-11H2,1H3,(H,20,23)(H,21,22). The van der Waals surface area contributed by atoms with Crippen molar-refractivity contribution in [1.82, 2.24) is 15.0 Å². The molecule has 0 spiro atoms. The molecule has 0 saturated carbocycles. The van der Waals surface area contributed by atoms with E-state index in [1.165, 1.54) is 6.07 Å². The van der Waals surface area contributed by atoms with Gasteiger partial charge in [0.05, 0.1) is 23.1 Å². The summed E-state index contributed by atoms with van der Waals surface area (Å²) in [6.45, 7) is 2.41. The molecule has 1 fully saturated rings. The predicted octanol–water partition coefficient (Wildman–Crippen LogP) is 3.68. The Morgan fingerprint density at radius 1 is 1.28 bits per heavy atom. The van der Waals surface area contributed by atoms with Crippen molar-refractivity contribution >= 4 is 40.1 Å². The zero-order valence-corrected chi connectivity index (χ0v) is 16.9. The van der Waals surface area contributed by atoms with Gasteiger partial charge in [-0.2, -0.15) is 0 Å². The van der Waals surface area contributed by atoms with E-state index >= 15 is 0 Å². The number of aromatic nitrogens is 3. The number of fused-ring (bicyclic) bond motifs is 1. The molecule has 1 aromatic carbocycles. The number of anilines is 2. The fraction of sp³-hybridized carbons (Fsp3) is 0.368. The highest BCUT2D eigenvalue weighted by Crippen LogP contribution is 2.28. The van der Waals surface area contributed by atoms with E-state index in [1.807, 2.05) is 18.2 Å². The molecule has 0 unspecified atom stereocenters. The van der Waals surface area contributed by atoms with E-state index in [-0.39, 0.29) is 5.69 Å². The zero-order chi connectivity index (χ0) is 20.2. The number of thioether (sulfide) groups is 1. The number of ether oxygens (including phenoxy) is 1. The normalized spacial score (nSPS) is 13.8. The second-order valence-electron chi connectivity index (χ2n) is 6.69. The van der Waals surface area contributed by atoms with Crippen molar-refractivity contribution in [2.75, 3.05) is 42.7 Å². The molecule has 0 aliphatic carbocycles. The van der Waals surface area contributed by atoms with Crippen LogP contribution in [0, 0.1) is 10.1 Å². The van der Waals surface area contributed by atoms with E-state index in [1.54, 1.807) is 24.9 Å². The predicted molar refractivity (Wildman–Crippen MR) is 114 cm³/mol. The Kier molecular flexibility index (Phi) is 5.70. The van der Waals surface area contributed by atoms with Crippen LogP contribution in [0.3, 0.4) is 0 Å². The van der Waals surface area contributed by atoms with Crippen molar-refractivity contribution in [3.63, 3.8) is 0 Å². The minimum Gasteiger partial charge on any atom is -0.497 e. The lowest BCUT2D eigenvalue weighted by Gasteiger charge is -2.17. The first-order chi connectivity index (χ1) is 14.1. The van der Waals surface area contributed by atoms with Gasteiger partial charge in [0.2, 0.25) is 5.82 Å². The molecular weight excluding hydrogens is 392 g/mol. The lowest BCUT2D eigenvalue weighted by molar-refractivity contribution is -0.384. The van der Waals surface area contributed by atoms with Gasteiger partial charge in [0, 0.05) is 37.5 Å². The molecular formula is C19H22N6O3S. The Bertz CT molecular complexity index is 1020. The summed E-state index contributed by atoms with van der Waals surface area (Å²) >= 11 is 1.54. The Morgan fingerprint density at radius 2 is 2.10 bits per heavy atom. The Hall–Kier alpha value is -3.01. The van der Waals surface area contributed by atoms with Gasteiger partial charge in [0.25, 0.3) is 0 Å². The average molecular weight is 414 g/mol. The molecule has 2 aromatic heterocycles. The van der Waals surface area contributed by atoms with Crippen molar-refractivity contribution < 1.29 is 9.66 Å². The molecule has 0 amide bonds. The Morgan fingerprint density at radius 3 is 2.86 bits per heavy atom. The molecule has 0 atom stereocenters. The minimum atomic E-state index is -0.400. The molecule has 4 rings (SSSR count). The number of nitro groups is 1. The average Bonchev–Trinajstić information content (AvgIpc) is 3.40. The van der Waals surface area contributed by atoms with Gasteiger partial charge in [-0.15, -0.1) is 0 Å². The maximum atomic E-state index is 11.3. The number of rotatable bonds is 8. The van der Waals surface area contributed by atoms with Gasteiger partial charge in [-0.25, -0.2) is 9.97 Å². The topological polar surface area (TPSA) is 109 Å². The van der Waals surface area contributed by atoms with Crippen molar-refractivity contribution in [2.24, 2.45) is 0 Å². The highest BCUT2D eigenvalue weighted by atomic mass is 32.2. The van der Waals surface area contributed by atoms with Crippen LogP contribution in [0.1, 0.15) is 12.8 Å². The zero-order valence-electron chi connectivity index (χ0n) is 16.1. The van der Waals surface area contributed by atoms with Gasteiger partial charge in [0.15, 0.2) is 5.16 Å². The van der Waals surface area contributed by atoms with Crippen molar-refractivity contribution in [3.05, 3.63) is 40.4 Å². The number of nitrogens with zero attached hydrogens (tertiary/aromatic N) is 4. The van der Waals surface area contributed by atoms with E-state index in [2.05, 4.69) is 25.2 Å². The van der Waals surface area contributed by atoms with E-state index in [4.69, 9.17) is 4.74 Å². The number of hydrogen-bond acceptors (Lipinski definition) is 8. The summed E-state index contributed by atoms with van der Waals surface area (Å²) in [6.07, 6.45) is 2.25. The summed E-state index contributed by atoms with van der Waals surface area (Å²) in [5.41, 5.74) is 1.78. The molecule has 9 nitrogen and oxygen atoms in total. The third kappa shape index (κ3) is 4.37. The van der Waals surface area contributed by atoms with E-state index < -0.39 is 4.92 Å². The molecule has 10 heteroatoms. The van der Waals surface area contributed by atoms with Crippen LogP contribution in [0.2, 0.25) is 0 Å². The quantitative estimate of drug-likeness (QED) is 0.249. The molecule has 0 radical (unpaired) electrons. The Labute approximate surface area is 172 Å². The minimum absolute atomic E-state index is 0.00576. The van der Waals surface area contributed by atoms with Crippen LogP contribution in [0.25, 0.3) is 11.0 Å². The van der Waals surface area contributed by atoms with Gasteiger partial charge < -0.3 is 19.9 Å². The highest BCUT2D eigenvalue weighted by Gasteiger charge is 2.20. The third-order valence-corrected chi connectivity index (χ3v) is 5.66. The van der Waals surface area contributed by atoms with Gasteiger partial charge in [-0.1, -0.05) is 11.8 Å². The first kappa shape index (κ1) is 19.3. The van der Waals surface area contributed by atoms with Crippen LogP contribution in [-0.2, 0) is 0 Å². The SMILES string of the molecule is COc1ccc2nc(SCCNc3nc(N4CCCC4)ccc3[N+](=O)[O-])[nH]c2c1. The maximum absolute atomic E-state index is 11.3. The van der Waals surface area contributed by atoms with Crippen LogP contribution in [-0.4, -0.2) is 52.4 Å². The fourth-order valence-electron chi connectivity index (χ4n) is 3.32. The van der Waals surface area contributed by atoms with Crippen molar-refractivity contribution in [2.45, 2.75) is 18.0 Å². The van der Waals surface area contributed by atoms with Gasteiger partial charge in [-0.05, 0) is 31.0 Å². The van der Waals surface area contributed by atoms with Gasteiger partial charge in [0.1, 0.15) is 11.6 Å². The van der Waals surface area contributed by atoms with Crippen LogP contribution >= 0.6 is 11.8 Å². The number of pyridine rings is 1. The summed E-state index contributed by atoms with van der Waals surface area (Å²) in [5.74, 6) is 2.56. The first-order valence-electron chi connectivity index (χ1n) is 9.45. The maximum Gasteiger partial charge on any atom is 0.311 e. The summed E-state index contributed by atoms with van der Waals surface area (Å²) < 4.78 is 5.23. The number of benzene rings is 1. The molecule has 29 heavy (non-hydrogen) atoms. The van der Waals surface area contributed by atoms with Crippen molar-refractivity contribution in [3.8, 4) is 5.75 Å². The fourth-order valence-corrected chi connectivity index (χ4v) is 4.06. The lowest BCUT2D eigenvalue weighted by atomic mass is 10.3. The molecule has 3 aromatic rings. The number of hydrogen-bond donors (Lipinski definition) is 2. The number of methoxy groups -OCH3 is 1. The first-order valence-corrected chi connectivity index (χ1v) is 10.4. The van der Waals surface area contributed by atoms with Gasteiger partial charge >= 0.3 is 5.69 Å². The molecule has 152 valence electrons. The number of H-pyrrole nitrogens is 1. The lowest BCUT2D eigenvalue weighted by Crippen LogP contribution is -2.20. The van der Waals surface area contributed by atoms with Gasteiger partial charge in [-0.3, -0.25) is 10.1 Å². The molecule has 0 bridgehead atoms. The summed E-state index contributed by atoms with van der Waals surface area (Å²) in [6, 6.07) is 8.94. The Balaban J connectivity index is 1.39. The second-order valence-corrected chi connectivity index (χ2v) is 7.77. The van der Waals surface area contributed by atoms with Crippen LogP contribution < -0.4 is 15.0 Å². The highest BCUT2D eigenvalue weighted by molar-refractivity contribution is 7.99. The van der Waals surface area contributed by atoms with Crippen LogP contribution in [0.15, 0.2) is 35.5 Å². The summed E-state index contributed by atoms with van der Waals surface area (Å²) in [4.78, 5) is 25.4. The van der Waals surface area contributed by atoms with E-state index in [9.17, 15) is 10.1 Å². The summed E-state index contributed by atoms with van der Waals surface area (Å²) in [5, 5.41) is 15.3. The van der Waals surface area contributed by atoms with Crippen LogP contribution in [0.4, 0.5) is 17.3 Å². The van der Waals surface area contributed by atoms with Crippen molar-refractivity contribution in [1.29, 1.82) is 0 Å². The number of aromatic amines is 1. The number of imidazole rings is 1. The number of nitrogens with one attached hydrogen (secondary N) is 2. The van der Waals surface area contributed by atoms with E-state index in [0.29, 0.717) is 18.1 Å². The largest absolute Gasteiger partial charge is 0.497 e. The second kappa shape index (κ2) is 8.56. The van der Waals surface area contributed by atoms with E-state index in [0.717, 1.165) is 53.7 Å². The third-order valence-electron chi connectivity index (χ3n) is 4.79.